The standard InChI is InChI=1S/C26H26N2O5/c1-4-33-26(31)22-16(2)27-25-19(24(30)17-10-6-5-7-11-17)14-15-21(29)28(25)23(22)18-12-8-9-13-20(18)32-3/h5-13,23,27H,4,14-15H2,1-3H3. The van der Waals surface area contributed by atoms with Crippen LogP contribution < -0.4 is 10.1 Å². The van der Waals surface area contributed by atoms with E-state index in [1.54, 1.807) is 51.3 Å². The molecule has 0 aromatic heterocycles. The van der Waals surface area contributed by atoms with E-state index >= 15 is 0 Å². The van der Waals surface area contributed by atoms with E-state index in [0.29, 0.717) is 46.0 Å². The number of ketones is 1. The number of nitrogens with zero attached hydrogens (tertiary/aromatic N) is 1. The van der Waals surface area contributed by atoms with Gasteiger partial charge in [0.15, 0.2) is 5.78 Å². The zero-order valence-corrected chi connectivity index (χ0v) is 18.9. The highest BCUT2D eigenvalue weighted by Gasteiger charge is 2.44. The second-order valence-electron chi connectivity index (χ2n) is 7.81. The van der Waals surface area contributed by atoms with Crippen LogP contribution in [-0.4, -0.2) is 36.3 Å². The number of hydrogen-bond acceptors (Lipinski definition) is 6. The largest absolute Gasteiger partial charge is 0.496 e. The van der Waals surface area contributed by atoms with Crippen LogP contribution in [-0.2, 0) is 14.3 Å². The maximum Gasteiger partial charge on any atom is 0.338 e. The summed E-state index contributed by atoms with van der Waals surface area (Å²) in [4.78, 5) is 41.2. The summed E-state index contributed by atoms with van der Waals surface area (Å²) in [6.45, 7) is 3.68. The molecule has 0 aliphatic carbocycles. The highest BCUT2D eigenvalue weighted by Crippen LogP contribution is 2.44. The normalized spacial score (nSPS) is 18.0. The molecule has 1 atom stereocenters. The minimum absolute atomic E-state index is 0.151. The van der Waals surface area contributed by atoms with Crippen molar-refractivity contribution in [2.75, 3.05) is 13.7 Å². The van der Waals surface area contributed by atoms with E-state index in [9.17, 15) is 14.4 Å². The van der Waals surface area contributed by atoms with E-state index in [-0.39, 0.29) is 24.7 Å². The van der Waals surface area contributed by atoms with Gasteiger partial charge in [0.25, 0.3) is 0 Å². The van der Waals surface area contributed by atoms with Gasteiger partial charge in [-0.15, -0.1) is 0 Å². The van der Waals surface area contributed by atoms with Crippen molar-refractivity contribution in [1.29, 1.82) is 0 Å². The molecular formula is C26H26N2O5. The van der Waals surface area contributed by atoms with Crippen LogP contribution in [0.3, 0.4) is 0 Å². The third-order valence-electron chi connectivity index (χ3n) is 5.86. The molecule has 170 valence electrons. The molecule has 1 amide bonds. The van der Waals surface area contributed by atoms with Crippen molar-refractivity contribution >= 4 is 17.7 Å². The molecule has 0 spiro atoms. The number of amides is 1. The minimum atomic E-state index is -0.789. The Morgan fingerprint density at radius 1 is 1.06 bits per heavy atom. The summed E-state index contributed by atoms with van der Waals surface area (Å²) in [6.07, 6.45) is 0.464. The number of ether oxygens (including phenoxy) is 2. The van der Waals surface area contributed by atoms with Gasteiger partial charge in [-0.2, -0.15) is 0 Å². The van der Waals surface area contributed by atoms with Crippen molar-refractivity contribution in [2.45, 2.75) is 32.7 Å². The van der Waals surface area contributed by atoms with E-state index in [1.807, 2.05) is 24.3 Å². The van der Waals surface area contributed by atoms with Crippen molar-refractivity contribution in [3.05, 3.63) is 88.4 Å². The Kier molecular flexibility index (Phi) is 6.31. The second kappa shape index (κ2) is 9.32. The summed E-state index contributed by atoms with van der Waals surface area (Å²) in [5.74, 6) is 0.0788. The zero-order valence-electron chi connectivity index (χ0n) is 18.9. The Bertz CT molecular complexity index is 1170. The number of allylic oxidation sites excluding steroid dienone is 2. The van der Waals surface area contributed by atoms with Gasteiger partial charge in [-0.05, 0) is 26.3 Å². The summed E-state index contributed by atoms with van der Waals surface area (Å²) in [5.41, 5.74) is 2.53. The van der Waals surface area contributed by atoms with Gasteiger partial charge >= 0.3 is 5.97 Å². The number of methoxy groups -OCH3 is 1. The van der Waals surface area contributed by atoms with Crippen LogP contribution in [0.2, 0.25) is 0 Å². The smallest absolute Gasteiger partial charge is 0.338 e. The first-order valence-electron chi connectivity index (χ1n) is 10.9. The first-order valence-corrected chi connectivity index (χ1v) is 10.9. The molecule has 33 heavy (non-hydrogen) atoms. The van der Waals surface area contributed by atoms with E-state index in [1.165, 1.54) is 4.90 Å². The molecule has 0 radical (unpaired) electrons. The first-order chi connectivity index (χ1) is 16.0. The molecule has 7 nitrogen and oxygen atoms in total. The Labute approximate surface area is 192 Å². The monoisotopic (exact) mass is 446 g/mol. The fourth-order valence-electron chi connectivity index (χ4n) is 4.37. The Morgan fingerprint density at radius 2 is 1.76 bits per heavy atom. The van der Waals surface area contributed by atoms with Gasteiger partial charge in [0, 0.05) is 28.8 Å². The Morgan fingerprint density at radius 3 is 2.45 bits per heavy atom. The molecule has 0 saturated carbocycles. The number of Topliss-reactive ketones (excluding diaryl/α,β-unsaturated/α-hetero) is 1. The number of benzene rings is 2. The first kappa shape index (κ1) is 22.3. The third-order valence-corrected chi connectivity index (χ3v) is 5.86. The fourth-order valence-corrected chi connectivity index (χ4v) is 4.37. The van der Waals surface area contributed by atoms with Gasteiger partial charge in [0.2, 0.25) is 5.91 Å². The predicted octanol–water partition coefficient (Wildman–Crippen LogP) is 3.89. The number of rotatable bonds is 6. The lowest BCUT2D eigenvalue weighted by atomic mass is 9.88. The molecule has 0 bridgehead atoms. The zero-order chi connectivity index (χ0) is 23.5. The van der Waals surface area contributed by atoms with Crippen LogP contribution in [0, 0.1) is 0 Å². The van der Waals surface area contributed by atoms with Crippen molar-refractivity contribution < 1.29 is 23.9 Å². The number of esters is 1. The Hall–Kier alpha value is -3.87. The van der Waals surface area contributed by atoms with Crippen LogP contribution >= 0.6 is 0 Å². The highest BCUT2D eigenvalue weighted by atomic mass is 16.5. The lowest BCUT2D eigenvalue weighted by Crippen LogP contribution is -2.49. The molecule has 7 heteroatoms. The SMILES string of the molecule is CCOC(=O)C1=C(C)NC2=C(C(=O)c3ccccc3)CCC(=O)N2C1c1ccccc1OC. The van der Waals surface area contributed by atoms with Crippen LogP contribution in [0.4, 0.5) is 0 Å². The molecule has 1 N–H and O–H groups in total. The van der Waals surface area contributed by atoms with Crippen molar-refractivity contribution in [3.63, 3.8) is 0 Å². The lowest BCUT2D eigenvalue weighted by Gasteiger charge is -2.43. The van der Waals surface area contributed by atoms with Crippen LogP contribution in [0.25, 0.3) is 0 Å². The molecule has 2 aliphatic rings. The highest BCUT2D eigenvalue weighted by molar-refractivity contribution is 6.10. The van der Waals surface area contributed by atoms with Crippen molar-refractivity contribution in [1.82, 2.24) is 10.2 Å². The number of fused-ring (bicyclic) bond motifs is 1. The minimum Gasteiger partial charge on any atom is -0.496 e. The number of hydrogen-bond donors (Lipinski definition) is 1. The molecule has 2 aromatic carbocycles. The number of carbonyl (C=O) groups is 3. The van der Waals surface area contributed by atoms with Crippen LogP contribution in [0.5, 0.6) is 5.75 Å². The Balaban J connectivity index is 1.94. The van der Waals surface area contributed by atoms with Gasteiger partial charge < -0.3 is 14.8 Å². The van der Waals surface area contributed by atoms with Gasteiger partial charge in [0.1, 0.15) is 17.6 Å². The van der Waals surface area contributed by atoms with Gasteiger partial charge in [-0.25, -0.2) is 4.79 Å². The molecule has 1 unspecified atom stereocenters. The van der Waals surface area contributed by atoms with E-state index < -0.39 is 12.0 Å². The van der Waals surface area contributed by atoms with E-state index in [0.717, 1.165) is 0 Å². The van der Waals surface area contributed by atoms with E-state index in [4.69, 9.17) is 9.47 Å². The van der Waals surface area contributed by atoms with Gasteiger partial charge in [-0.1, -0.05) is 48.5 Å². The molecule has 0 fully saturated rings. The summed E-state index contributed by atoms with van der Waals surface area (Å²) in [5, 5.41) is 3.18. The summed E-state index contributed by atoms with van der Waals surface area (Å²) < 4.78 is 10.9. The molecule has 2 aliphatic heterocycles. The van der Waals surface area contributed by atoms with E-state index in [2.05, 4.69) is 5.32 Å². The molecule has 2 heterocycles. The summed E-state index contributed by atoms with van der Waals surface area (Å²) >= 11 is 0. The topological polar surface area (TPSA) is 84.9 Å². The quantitative estimate of drug-likeness (QED) is 0.535. The maximum atomic E-state index is 13.4. The van der Waals surface area contributed by atoms with Gasteiger partial charge in [0.05, 0.1) is 19.3 Å². The average molecular weight is 447 g/mol. The third kappa shape index (κ3) is 4.02. The van der Waals surface area contributed by atoms with Crippen molar-refractivity contribution in [2.24, 2.45) is 0 Å². The summed E-state index contributed by atoms with van der Waals surface area (Å²) in [6, 6.07) is 15.4. The van der Waals surface area contributed by atoms with Crippen LogP contribution in [0.1, 0.15) is 48.7 Å². The number of nitrogens with one attached hydrogen (secondary N) is 1. The second-order valence-corrected chi connectivity index (χ2v) is 7.81. The molecule has 2 aromatic rings. The predicted molar refractivity (Wildman–Crippen MR) is 122 cm³/mol. The average Bonchev–Trinajstić information content (AvgIpc) is 2.83. The van der Waals surface area contributed by atoms with Gasteiger partial charge in [-0.3, -0.25) is 14.5 Å². The lowest BCUT2D eigenvalue weighted by molar-refractivity contribution is -0.140. The van der Waals surface area contributed by atoms with Crippen molar-refractivity contribution in [3.8, 4) is 5.75 Å². The summed E-state index contributed by atoms with van der Waals surface area (Å²) in [7, 11) is 1.54. The van der Waals surface area contributed by atoms with Crippen LogP contribution in [0.15, 0.2) is 77.3 Å². The fraction of sp³-hybridized carbons (Fsp3) is 0.269. The maximum absolute atomic E-state index is 13.4. The molecule has 4 rings (SSSR count). The number of para-hydroxylation sites is 1. The molecule has 0 saturated heterocycles. The molecular weight excluding hydrogens is 420 g/mol. The number of carbonyl (C=O) groups excluding carboxylic acids is 3.